The quantitative estimate of drug-likeness (QED) is 0.135. The van der Waals surface area contributed by atoms with E-state index in [-0.39, 0.29) is 29.8 Å². The highest BCUT2D eigenvalue weighted by molar-refractivity contribution is 7.98. The van der Waals surface area contributed by atoms with Crippen molar-refractivity contribution in [2.24, 2.45) is 0 Å². The summed E-state index contributed by atoms with van der Waals surface area (Å²) in [7, 11) is -4.20. The first-order chi connectivity index (χ1) is 22.4. The lowest BCUT2D eigenvalue weighted by Gasteiger charge is -2.34. The van der Waals surface area contributed by atoms with Crippen molar-refractivity contribution in [3.05, 3.63) is 124 Å². The standard InChI is InChI=1S/C36H39Cl2N3O4S2/c1-5-26(3)39-36(43)34(21-27-9-7-6-8-10-27)40(23-28-13-14-29(37)22-33(28)38)35(42)24-41(30-15-11-25(2)12-16-30)47(44,45)32-19-17-31(46-4)18-20-32/h6-20,22,26,34H,5,21,23-24H2,1-4H3,(H,39,43). The second-order valence-electron chi connectivity index (χ2n) is 11.3. The predicted molar refractivity (Wildman–Crippen MR) is 193 cm³/mol. The molecule has 0 aromatic heterocycles. The van der Waals surface area contributed by atoms with Gasteiger partial charge in [-0.3, -0.25) is 13.9 Å². The molecule has 4 aromatic rings. The van der Waals surface area contributed by atoms with Gasteiger partial charge in [-0.1, -0.05) is 84.2 Å². The van der Waals surface area contributed by atoms with Crippen molar-refractivity contribution in [3.63, 3.8) is 0 Å². The molecule has 2 unspecified atom stereocenters. The second kappa shape index (κ2) is 16.6. The lowest BCUT2D eigenvalue weighted by Crippen LogP contribution is -2.54. The number of aryl methyl sites for hydroxylation is 1. The third-order valence-corrected chi connectivity index (χ3v) is 11.0. The summed E-state index contributed by atoms with van der Waals surface area (Å²) in [5.74, 6) is -0.917. The van der Waals surface area contributed by atoms with Crippen molar-refractivity contribution in [2.45, 2.75) is 62.0 Å². The molecule has 0 saturated carbocycles. The summed E-state index contributed by atoms with van der Waals surface area (Å²) >= 11 is 14.3. The molecule has 4 aromatic carbocycles. The Labute approximate surface area is 292 Å². The molecule has 0 fully saturated rings. The Balaban J connectivity index is 1.82. The third kappa shape index (κ3) is 9.54. The Hall–Kier alpha value is -3.50. The highest BCUT2D eigenvalue weighted by Gasteiger charge is 2.35. The van der Waals surface area contributed by atoms with Gasteiger partial charge in [0.05, 0.1) is 10.6 Å². The van der Waals surface area contributed by atoms with Crippen molar-refractivity contribution in [2.75, 3.05) is 17.1 Å². The average Bonchev–Trinajstić information content (AvgIpc) is 3.06. The minimum absolute atomic E-state index is 0.0475. The fourth-order valence-electron chi connectivity index (χ4n) is 4.94. The number of halogens is 2. The number of sulfonamides is 1. The van der Waals surface area contributed by atoms with E-state index in [1.165, 1.54) is 28.8 Å². The number of anilines is 1. The van der Waals surface area contributed by atoms with E-state index in [1.807, 2.05) is 57.4 Å². The van der Waals surface area contributed by atoms with Crippen LogP contribution in [0.2, 0.25) is 10.0 Å². The van der Waals surface area contributed by atoms with Crippen LogP contribution in [-0.4, -0.2) is 50.0 Å². The van der Waals surface area contributed by atoms with E-state index in [0.29, 0.717) is 27.7 Å². The van der Waals surface area contributed by atoms with Crippen LogP contribution in [0.15, 0.2) is 107 Å². The maximum Gasteiger partial charge on any atom is 0.264 e. The molecule has 47 heavy (non-hydrogen) atoms. The van der Waals surface area contributed by atoms with Gasteiger partial charge in [-0.15, -0.1) is 11.8 Å². The molecule has 0 saturated heterocycles. The van der Waals surface area contributed by atoms with Crippen LogP contribution in [0.1, 0.15) is 37.0 Å². The molecule has 0 spiro atoms. The highest BCUT2D eigenvalue weighted by atomic mass is 35.5. The lowest BCUT2D eigenvalue weighted by molar-refractivity contribution is -0.140. The molecule has 4 rings (SSSR count). The van der Waals surface area contributed by atoms with E-state index in [4.69, 9.17) is 23.2 Å². The monoisotopic (exact) mass is 711 g/mol. The Morgan fingerprint density at radius 3 is 2.17 bits per heavy atom. The largest absolute Gasteiger partial charge is 0.352 e. The van der Waals surface area contributed by atoms with Gasteiger partial charge >= 0.3 is 0 Å². The third-order valence-electron chi connectivity index (χ3n) is 7.88. The van der Waals surface area contributed by atoms with Crippen molar-refractivity contribution in [1.29, 1.82) is 0 Å². The lowest BCUT2D eigenvalue weighted by atomic mass is 10.0. The van der Waals surface area contributed by atoms with E-state index in [1.54, 1.807) is 54.6 Å². The van der Waals surface area contributed by atoms with Crippen molar-refractivity contribution < 1.29 is 18.0 Å². The molecule has 0 aliphatic heterocycles. The summed E-state index contributed by atoms with van der Waals surface area (Å²) < 4.78 is 29.6. The van der Waals surface area contributed by atoms with Crippen LogP contribution in [0, 0.1) is 6.92 Å². The number of hydrogen-bond donors (Lipinski definition) is 1. The maximum absolute atomic E-state index is 14.6. The zero-order valence-electron chi connectivity index (χ0n) is 26.8. The van der Waals surface area contributed by atoms with Crippen molar-refractivity contribution in [1.82, 2.24) is 10.2 Å². The van der Waals surface area contributed by atoms with E-state index >= 15 is 0 Å². The van der Waals surface area contributed by atoms with Gasteiger partial charge in [0, 0.05) is 33.9 Å². The smallest absolute Gasteiger partial charge is 0.264 e. The molecule has 11 heteroatoms. The molecule has 0 radical (unpaired) electrons. The number of nitrogens with one attached hydrogen (secondary N) is 1. The predicted octanol–water partition coefficient (Wildman–Crippen LogP) is 7.77. The minimum atomic E-state index is -4.20. The first kappa shape index (κ1) is 36.3. The molecule has 2 atom stereocenters. The van der Waals surface area contributed by atoms with E-state index in [9.17, 15) is 18.0 Å². The Morgan fingerprint density at radius 2 is 1.57 bits per heavy atom. The van der Waals surface area contributed by atoms with Crippen molar-refractivity contribution in [3.8, 4) is 0 Å². The average molecular weight is 713 g/mol. The fraction of sp³-hybridized carbons (Fsp3) is 0.278. The summed E-state index contributed by atoms with van der Waals surface area (Å²) in [4.78, 5) is 31.0. The number of amides is 2. The van der Waals surface area contributed by atoms with Gasteiger partial charge in [-0.25, -0.2) is 8.42 Å². The normalized spacial score (nSPS) is 12.6. The van der Waals surface area contributed by atoms with Gasteiger partial charge in [0.1, 0.15) is 12.6 Å². The summed E-state index contributed by atoms with van der Waals surface area (Å²) in [6, 6.07) is 26.7. The number of rotatable bonds is 14. The Morgan fingerprint density at radius 1 is 0.915 bits per heavy atom. The zero-order chi connectivity index (χ0) is 34.1. The number of benzene rings is 4. The topological polar surface area (TPSA) is 86.8 Å². The van der Waals surface area contributed by atoms with Crippen LogP contribution in [0.4, 0.5) is 5.69 Å². The van der Waals surface area contributed by atoms with Crippen LogP contribution in [0.5, 0.6) is 0 Å². The molecule has 0 heterocycles. The van der Waals surface area contributed by atoms with Gasteiger partial charge < -0.3 is 10.2 Å². The number of carbonyl (C=O) groups excluding carboxylic acids is 2. The van der Waals surface area contributed by atoms with E-state index < -0.39 is 28.5 Å². The SMILES string of the molecule is CCC(C)NC(=O)C(Cc1ccccc1)N(Cc1ccc(Cl)cc1Cl)C(=O)CN(c1ccc(C)cc1)S(=O)(=O)c1ccc(SC)cc1. The van der Waals surface area contributed by atoms with Gasteiger partial charge in [-0.2, -0.15) is 0 Å². The van der Waals surface area contributed by atoms with E-state index in [2.05, 4.69) is 5.32 Å². The molecular formula is C36H39Cl2N3O4S2. The number of nitrogens with zero attached hydrogens (tertiary/aromatic N) is 2. The molecular weight excluding hydrogens is 673 g/mol. The first-order valence-corrected chi connectivity index (χ1v) is 18.7. The summed E-state index contributed by atoms with van der Waals surface area (Å²) in [6.07, 6.45) is 2.80. The zero-order valence-corrected chi connectivity index (χ0v) is 30.0. The van der Waals surface area contributed by atoms with Crippen LogP contribution in [-0.2, 0) is 32.6 Å². The van der Waals surface area contributed by atoms with Crippen molar-refractivity contribution >= 4 is 62.5 Å². The van der Waals surface area contributed by atoms with Crippen LogP contribution < -0.4 is 9.62 Å². The number of carbonyl (C=O) groups is 2. The molecule has 7 nitrogen and oxygen atoms in total. The summed E-state index contributed by atoms with van der Waals surface area (Å²) in [5, 5.41) is 3.79. The summed E-state index contributed by atoms with van der Waals surface area (Å²) in [6.45, 7) is 5.15. The van der Waals surface area contributed by atoms with E-state index in [0.717, 1.165) is 20.3 Å². The summed E-state index contributed by atoms with van der Waals surface area (Å²) in [5.41, 5.74) is 2.67. The van der Waals surface area contributed by atoms with Crippen LogP contribution in [0.3, 0.4) is 0 Å². The van der Waals surface area contributed by atoms with Crippen LogP contribution >= 0.6 is 35.0 Å². The number of thioether (sulfide) groups is 1. The Bertz CT molecular complexity index is 1770. The minimum Gasteiger partial charge on any atom is -0.352 e. The molecule has 0 aliphatic carbocycles. The Kier molecular flexibility index (Phi) is 12.8. The first-order valence-electron chi connectivity index (χ1n) is 15.2. The maximum atomic E-state index is 14.6. The fourth-order valence-corrected chi connectivity index (χ4v) is 7.23. The molecule has 0 bridgehead atoms. The molecule has 1 N–H and O–H groups in total. The van der Waals surface area contributed by atoms with Gasteiger partial charge in [0.2, 0.25) is 11.8 Å². The highest BCUT2D eigenvalue weighted by Crippen LogP contribution is 2.28. The van der Waals surface area contributed by atoms with Gasteiger partial charge in [-0.05, 0) is 86.2 Å². The van der Waals surface area contributed by atoms with Crippen LogP contribution in [0.25, 0.3) is 0 Å². The van der Waals surface area contributed by atoms with Gasteiger partial charge in [0.25, 0.3) is 10.0 Å². The molecule has 2 amide bonds. The van der Waals surface area contributed by atoms with Gasteiger partial charge in [0.15, 0.2) is 0 Å². The molecule has 248 valence electrons. The molecule has 0 aliphatic rings. The second-order valence-corrected chi connectivity index (χ2v) is 14.9. The number of hydrogen-bond acceptors (Lipinski definition) is 5.